The van der Waals surface area contributed by atoms with Crippen LogP contribution in [-0.2, 0) is 4.79 Å². The van der Waals surface area contributed by atoms with Crippen LogP contribution in [0.4, 0.5) is 5.82 Å². The molecule has 1 aliphatic rings. The van der Waals surface area contributed by atoms with Gasteiger partial charge in [-0.05, 0) is 31.5 Å². The van der Waals surface area contributed by atoms with Crippen LogP contribution in [0.3, 0.4) is 0 Å². The van der Waals surface area contributed by atoms with Gasteiger partial charge in [-0.25, -0.2) is 9.97 Å². The molecule has 31 heavy (non-hydrogen) atoms. The molecule has 0 spiro atoms. The van der Waals surface area contributed by atoms with Gasteiger partial charge in [-0.3, -0.25) is 4.79 Å². The molecule has 1 aliphatic heterocycles. The van der Waals surface area contributed by atoms with Crippen molar-refractivity contribution in [1.29, 1.82) is 0 Å². The number of anilines is 1. The Morgan fingerprint density at radius 2 is 2.03 bits per heavy atom. The van der Waals surface area contributed by atoms with Crippen LogP contribution in [0.25, 0.3) is 0 Å². The van der Waals surface area contributed by atoms with Crippen molar-refractivity contribution in [2.24, 2.45) is 0 Å². The summed E-state index contributed by atoms with van der Waals surface area (Å²) in [4.78, 5) is 22.4. The van der Waals surface area contributed by atoms with E-state index in [0.717, 1.165) is 24.3 Å². The molecule has 1 N–H and O–H groups in total. The number of ether oxygens (including phenoxy) is 2. The molecule has 0 amide bonds. The Morgan fingerprint density at radius 3 is 2.68 bits per heavy atom. The minimum absolute atomic E-state index is 0.00711. The van der Waals surface area contributed by atoms with E-state index in [9.17, 15) is 9.90 Å². The quantitative estimate of drug-likeness (QED) is 0.621. The summed E-state index contributed by atoms with van der Waals surface area (Å²) in [6.07, 6.45) is 2.76. The van der Waals surface area contributed by atoms with Gasteiger partial charge in [0, 0.05) is 25.3 Å². The molecule has 0 radical (unpaired) electrons. The van der Waals surface area contributed by atoms with Gasteiger partial charge >= 0.3 is 0 Å². The molecule has 2 aromatic rings. The number of hydrogen-bond donors (Lipinski definition) is 1. The molecular weight excluding hydrogens is 418 g/mol. The average Bonchev–Trinajstić information content (AvgIpc) is 3.20. The first-order chi connectivity index (χ1) is 14.7. The summed E-state index contributed by atoms with van der Waals surface area (Å²) in [5.74, 6) is 1.75. The summed E-state index contributed by atoms with van der Waals surface area (Å²) in [5, 5.41) is 10.2. The second-order valence-electron chi connectivity index (χ2n) is 8.50. The van der Waals surface area contributed by atoms with E-state index in [1.807, 2.05) is 43.0 Å². The van der Waals surface area contributed by atoms with Crippen molar-refractivity contribution < 1.29 is 19.4 Å². The van der Waals surface area contributed by atoms with Crippen LogP contribution in [0.5, 0.6) is 11.6 Å². The van der Waals surface area contributed by atoms with Gasteiger partial charge in [0.25, 0.3) is 0 Å². The maximum atomic E-state index is 11.9. The highest BCUT2D eigenvalue weighted by atomic mass is 35.5. The van der Waals surface area contributed by atoms with Crippen molar-refractivity contribution in [3.05, 3.63) is 41.2 Å². The lowest BCUT2D eigenvalue weighted by Gasteiger charge is -2.21. The monoisotopic (exact) mass is 447 g/mol. The third kappa shape index (κ3) is 6.08. The van der Waals surface area contributed by atoms with E-state index in [2.05, 4.69) is 9.97 Å². The number of aliphatic hydroxyl groups is 1. The molecule has 1 unspecified atom stereocenters. The third-order valence-corrected chi connectivity index (χ3v) is 5.59. The predicted molar refractivity (Wildman–Crippen MR) is 120 cm³/mol. The van der Waals surface area contributed by atoms with E-state index in [1.54, 1.807) is 13.8 Å². The first kappa shape index (κ1) is 23.3. The van der Waals surface area contributed by atoms with Crippen LogP contribution >= 0.6 is 11.6 Å². The highest BCUT2D eigenvalue weighted by molar-refractivity contribution is 6.34. The van der Waals surface area contributed by atoms with Crippen LogP contribution in [0.2, 0.25) is 5.02 Å². The number of nitrogens with zero attached hydrogens (tertiary/aromatic N) is 3. The minimum Gasteiger partial charge on any atom is -0.489 e. The largest absolute Gasteiger partial charge is 0.489 e. The molecule has 7 nitrogen and oxygen atoms in total. The van der Waals surface area contributed by atoms with E-state index in [0.29, 0.717) is 23.8 Å². The molecule has 3 rings (SSSR count). The van der Waals surface area contributed by atoms with Crippen LogP contribution in [0, 0.1) is 0 Å². The Morgan fingerprint density at radius 1 is 1.32 bits per heavy atom. The Hall–Kier alpha value is -2.38. The zero-order valence-corrected chi connectivity index (χ0v) is 19.2. The van der Waals surface area contributed by atoms with E-state index >= 15 is 0 Å². The number of Topliss-reactive ketones (excluding diaryl/α,β-unsaturated/α-hetero) is 1. The molecule has 1 saturated heterocycles. The summed E-state index contributed by atoms with van der Waals surface area (Å²) < 4.78 is 11.7. The van der Waals surface area contributed by atoms with Gasteiger partial charge in [0.2, 0.25) is 5.88 Å². The second kappa shape index (κ2) is 9.83. The van der Waals surface area contributed by atoms with E-state index in [-0.39, 0.29) is 30.3 Å². The van der Waals surface area contributed by atoms with E-state index in [1.165, 1.54) is 6.33 Å². The number of carbonyl (C=O) groups excluding carboxylic acids is 1. The molecular formula is C23H30ClN3O4. The van der Waals surface area contributed by atoms with Crippen LogP contribution in [0.15, 0.2) is 30.6 Å². The first-order valence-corrected chi connectivity index (χ1v) is 11.0. The first-order valence-electron chi connectivity index (χ1n) is 10.6. The predicted octanol–water partition coefficient (Wildman–Crippen LogP) is 4.02. The van der Waals surface area contributed by atoms with Crippen molar-refractivity contribution in [2.45, 2.75) is 58.2 Å². The lowest BCUT2D eigenvalue weighted by molar-refractivity contribution is -0.119. The van der Waals surface area contributed by atoms with E-state index < -0.39 is 5.60 Å². The topological polar surface area (TPSA) is 84.8 Å². The Kier molecular flexibility index (Phi) is 7.38. The Bertz CT molecular complexity index is 899. The molecule has 2 heterocycles. The summed E-state index contributed by atoms with van der Waals surface area (Å²) in [6.45, 7) is 8.57. The molecule has 0 saturated carbocycles. The van der Waals surface area contributed by atoms with Crippen molar-refractivity contribution in [3.8, 4) is 11.6 Å². The number of carbonyl (C=O) groups is 1. The van der Waals surface area contributed by atoms with Crippen LogP contribution in [0.1, 0.15) is 52.0 Å². The fourth-order valence-electron chi connectivity index (χ4n) is 3.45. The molecule has 2 atom stereocenters. The lowest BCUT2D eigenvalue weighted by atomic mass is 9.95. The minimum atomic E-state index is -0.988. The number of aromatic nitrogens is 2. The molecule has 0 bridgehead atoms. The van der Waals surface area contributed by atoms with Crippen LogP contribution in [-0.4, -0.2) is 52.3 Å². The fraction of sp³-hybridized carbons (Fsp3) is 0.522. The molecule has 0 aliphatic carbocycles. The molecule has 8 heteroatoms. The third-order valence-electron chi connectivity index (χ3n) is 5.26. The number of hydrogen-bond acceptors (Lipinski definition) is 7. The van der Waals surface area contributed by atoms with Crippen molar-refractivity contribution >= 4 is 23.2 Å². The zero-order chi connectivity index (χ0) is 22.6. The van der Waals surface area contributed by atoms with Gasteiger partial charge in [-0.15, -0.1) is 0 Å². The summed E-state index contributed by atoms with van der Waals surface area (Å²) in [5.41, 5.74) is 0.0108. The fourth-order valence-corrected chi connectivity index (χ4v) is 3.72. The molecule has 1 fully saturated rings. The van der Waals surface area contributed by atoms with Gasteiger partial charge < -0.3 is 19.5 Å². The standard InChI is InChI=1S/C23H30ClN3O4/c1-5-19(28)15(2)16-6-8-17(9-7-16)31-18-10-11-27(12-18)21-20(24)22(26-14-25-21)30-13-23(3,4)29/h6-9,14-15,18,29H,5,10-13H2,1-4H3/t15?,18-/m1/s1. The number of halogens is 1. The van der Waals surface area contributed by atoms with Gasteiger partial charge in [-0.1, -0.05) is 37.6 Å². The van der Waals surface area contributed by atoms with Gasteiger partial charge in [-0.2, -0.15) is 0 Å². The van der Waals surface area contributed by atoms with Crippen LogP contribution < -0.4 is 14.4 Å². The second-order valence-corrected chi connectivity index (χ2v) is 8.88. The SMILES string of the molecule is CCC(=O)C(C)c1ccc(O[C@@H]2CCN(c3ncnc(OCC(C)(C)O)c3Cl)C2)cc1. The normalized spacial score (nSPS) is 17.5. The molecule has 1 aromatic carbocycles. The summed E-state index contributed by atoms with van der Waals surface area (Å²) in [7, 11) is 0. The maximum Gasteiger partial charge on any atom is 0.238 e. The van der Waals surface area contributed by atoms with Gasteiger partial charge in [0.15, 0.2) is 5.82 Å². The van der Waals surface area contributed by atoms with Gasteiger partial charge in [0.05, 0.1) is 12.1 Å². The summed E-state index contributed by atoms with van der Waals surface area (Å²) in [6, 6.07) is 7.73. The summed E-state index contributed by atoms with van der Waals surface area (Å²) >= 11 is 6.47. The number of ketones is 1. The van der Waals surface area contributed by atoms with Gasteiger partial charge in [0.1, 0.15) is 35.6 Å². The Labute approximate surface area is 188 Å². The zero-order valence-electron chi connectivity index (χ0n) is 18.5. The van der Waals surface area contributed by atoms with Crippen molar-refractivity contribution in [2.75, 3.05) is 24.6 Å². The average molecular weight is 448 g/mol. The smallest absolute Gasteiger partial charge is 0.238 e. The van der Waals surface area contributed by atoms with Crippen molar-refractivity contribution in [1.82, 2.24) is 9.97 Å². The number of benzene rings is 1. The van der Waals surface area contributed by atoms with Crippen molar-refractivity contribution in [3.63, 3.8) is 0 Å². The van der Waals surface area contributed by atoms with E-state index in [4.69, 9.17) is 21.1 Å². The highest BCUT2D eigenvalue weighted by Gasteiger charge is 2.28. The highest BCUT2D eigenvalue weighted by Crippen LogP contribution is 2.33. The molecule has 168 valence electrons. The Balaban J connectivity index is 1.61. The molecule has 1 aromatic heterocycles. The number of rotatable bonds is 9. The maximum absolute atomic E-state index is 11.9. The lowest BCUT2D eigenvalue weighted by Crippen LogP contribution is -2.29.